The van der Waals surface area contributed by atoms with E-state index >= 15 is 0 Å². The Labute approximate surface area is 150 Å². The first-order valence-electron chi connectivity index (χ1n) is 8.98. The molecule has 1 amide bonds. The molecule has 0 spiro atoms. The van der Waals surface area contributed by atoms with E-state index in [0.29, 0.717) is 12.5 Å². The molecule has 3 rings (SSSR count). The number of carbonyl (C=O) groups excluding carboxylic acids is 1. The van der Waals surface area contributed by atoms with Crippen LogP contribution in [0.15, 0.2) is 54.6 Å². The maximum atomic E-state index is 12.6. The van der Waals surface area contributed by atoms with Crippen molar-refractivity contribution in [3.05, 3.63) is 65.7 Å². The van der Waals surface area contributed by atoms with Gasteiger partial charge in [0.05, 0.1) is 6.42 Å². The maximum absolute atomic E-state index is 12.6. The molecule has 0 radical (unpaired) electrons. The number of nitrogen functional groups attached to an aromatic ring is 1. The lowest BCUT2D eigenvalue weighted by Crippen LogP contribution is -2.45. The van der Waals surface area contributed by atoms with Crippen molar-refractivity contribution in [2.45, 2.75) is 31.8 Å². The Morgan fingerprint density at radius 3 is 2.32 bits per heavy atom. The number of amides is 1. The van der Waals surface area contributed by atoms with Gasteiger partial charge in [-0.15, -0.1) is 0 Å². The summed E-state index contributed by atoms with van der Waals surface area (Å²) in [5, 5.41) is 0. The van der Waals surface area contributed by atoms with Gasteiger partial charge in [0.25, 0.3) is 0 Å². The molecule has 0 atom stereocenters. The molecule has 1 aliphatic rings. The fraction of sp³-hybridized carbons (Fsp3) is 0.381. The summed E-state index contributed by atoms with van der Waals surface area (Å²) in [4.78, 5) is 17.0. The molecule has 1 aliphatic heterocycles. The molecule has 0 unspecified atom stereocenters. The summed E-state index contributed by atoms with van der Waals surface area (Å²) < 4.78 is 0. The van der Waals surface area contributed by atoms with Crippen LogP contribution in [0, 0.1) is 0 Å². The zero-order valence-corrected chi connectivity index (χ0v) is 14.9. The van der Waals surface area contributed by atoms with Crippen molar-refractivity contribution in [3.63, 3.8) is 0 Å². The average molecular weight is 337 g/mol. The van der Waals surface area contributed by atoms with Gasteiger partial charge in [0.1, 0.15) is 0 Å². The number of benzene rings is 2. The Morgan fingerprint density at radius 2 is 1.68 bits per heavy atom. The van der Waals surface area contributed by atoms with Gasteiger partial charge >= 0.3 is 0 Å². The van der Waals surface area contributed by atoms with Crippen molar-refractivity contribution in [2.24, 2.45) is 0 Å². The first-order valence-corrected chi connectivity index (χ1v) is 8.98. The van der Waals surface area contributed by atoms with Crippen molar-refractivity contribution in [1.82, 2.24) is 9.80 Å². The lowest BCUT2D eigenvalue weighted by Gasteiger charge is -2.37. The van der Waals surface area contributed by atoms with Gasteiger partial charge < -0.3 is 10.6 Å². The van der Waals surface area contributed by atoms with Crippen LogP contribution in [0.25, 0.3) is 0 Å². The third kappa shape index (κ3) is 4.83. The van der Waals surface area contributed by atoms with E-state index in [0.717, 1.165) is 43.7 Å². The Bertz CT molecular complexity index is 676. The summed E-state index contributed by atoms with van der Waals surface area (Å²) in [6.07, 6.45) is 2.52. The monoisotopic (exact) mass is 337 g/mol. The van der Waals surface area contributed by atoms with Gasteiger partial charge in [0.15, 0.2) is 0 Å². The van der Waals surface area contributed by atoms with Crippen LogP contribution in [0.1, 0.15) is 24.0 Å². The molecule has 2 aromatic carbocycles. The van der Waals surface area contributed by atoms with Crippen molar-refractivity contribution in [2.75, 3.05) is 25.9 Å². The van der Waals surface area contributed by atoms with Crippen LogP contribution in [0.2, 0.25) is 0 Å². The molecule has 2 N–H and O–H groups in total. The van der Waals surface area contributed by atoms with Crippen LogP contribution < -0.4 is 5.73 Å². The second-order valence-electron chi connectivity index (χ2n) is 6.92. The number of carbonyl (C=O) groups is 1. The summed E-state index contributed by atoms with van der Waals surface area (Å²) in [5.41, 5.74) is 8.81. The first kappa shape index (κ1) is 17.5. The molecule has 4 nitrogen and oxygen atoms in total. The van der Waals surface area contributed by atoms with Crippen molar-refractivity contribution in [1.29, 1.82) is 0 Å². The largest absolute Gasteiger partial charge is 0.399 e. The van der Waals surface area contributed by atoms with Crippen LogP contribution in [0.3, 0.4) is 0 Å². The number of hydrogen-bond donors (Lipinski definition) is 1. The van der Waals surface area contributed by atoms with Crippen LogP contribution in [0.4, 0.5) is 5.69 Å². The highest BCUT2D eigenvalue weighted by Crippen LogP contribution is 2.18. The quantitative estimate of drug-likeness (QED) is 0.854. The van der Waals surface area contributed by atoms with Gasteiger partial charge in [0, 0.05) is 38.4 Å². The van der Waals surface area contributed by atoms with Gasteiger partial charge in [-0.25, -0.2) is 0 Å². The number of hydrogen-bond acceptors (Lipinski definition) is 3. The van der Waals surface area contributed by atoms with Crippen molar-refractivity contribution < 1.29 is 4.79 Å². The number of rotatable bonds is 5. The highest BCUT2D eigenvalue weighted by Gasteiger charge is 2.25. The predicted molar refractivity (Wildman–Crippen MR) is 102 cm³/mol. The Hall–Kier alpha value is -2.33. The summed E-state index contributed by atoms with van der Waals surface area (Å²) in [5.74, 6) is 0.186. The minimum atomic E-state index is 0.186. The summed E-state index contributed by atoms with van der Waals surface area (Å²) >= 11 is 0. The number of likely N-dealkylation sites (tertiary alicyclic amines) is 1. The maximum Gasteiger partial charge on any atom is 0.226 e. The van der Waals surface area contributed by atoms with E-state index in [1.165, 1.54) is 5.56 Å². The van der Waals surface area contributed by atoms with E-state index in [4.69, 9.17) is 5.73 Å². The number of nitrogens with two attached hydrogens (primary N) is 1. The second kappa shape index (κ2) is 8.17. The lowest BCUT2D eigenvalue weighted by atomic mass is 10.0. The molecule has 25 heavy (non-hydrogen) atoms. The molecule has 0 aliphatic carbocycles. The highest BCUT2D eigenvalue weighted by atomic mass is 16.2. The SMILES string of the molecule is CN(C(=O)Cc1ccc(N)cc1)C1CCN(Cc2ccccc2)CC1. The smallest absolute Gasteiger partial charge is 0.226 e. The molecule has 4 heteroatoms. The number of likely N-dealkylation sites (N-methyl/N-ethyl adjacent to an activating group) is 1. The van der Waals surface area contributed by atoms with E-state index < -0.39 is 0 Å². The molecule has 1 saturated heterocycles. The number of anilines is 1. The van der Waals surface area contributed by atoms with E-state index in [-0.39, 0.29) is 5.91 Å². The molecule has 0 aromatic heterocycles. The molecule has 1 fully saturated rings. The lowest BCUT2D eigenvalue weighted by molar-refractivity contribution is -0.132. The standard InChI is InChI=1S/C21H27N3O/c1-23(21(25)15-17-7-9-19(22)10-8-17)20-11-13-24(14-12-20)16-18-5-3-2-4-6-18/h2-10,20H,11-16,22H2,1H3. The van der Waals surface area contributed by atoms with E-state index in [9.17, 15) is 4.79 Å². The van der Waals surface area contributed by atoms with Gasteiger partial charge in [-0.3, -0.25) is 9.69 Å². The van der Waals surface area contributed by atoms with Gasteiger partial charge in [-0.05, 0) is 36.1 Å². The Morgan fingerprint density at radius 1 is 1.04 bits per heavy atom. The second-order valence-corrected chi connectivity index (χ2v) is 6.92. The third-order valence-corrected chi connectivity index (χ3v) is 5.08. The number of nitrogens with zero attached hydrogens (tertiary/aromatic N) is 2. The Kier molecular flexibility index (Phi) is 5.71. The molecule has 0 saturated carbocycles. The third-order valence-electron chi connectivity index (χ3n) is 5.08. The predicted octanol–water partition coefficient (Wildman–Crippen LogP) is 2.93. The molecule has 2 aromatic rings. The summed E-state index contributed by atoms with van der Waals surface area (Å²) in [6, 6.07) is 18.5. The highest BCUT2D eigenvalue weighted by molar-refractivity contribution is 5.79. The van der Waals surface area contributed by atoms with Crippen molar-refractivity contribution in [3.8, 4) is 0 Å². The van der Waals surface area contributed by atoms with Crippen molar-refractivity contribution >= 4 is 11.6 Å². The van der Waals surface area contributed by atoms with Gasteiger partial charge in [0.2, 0.25) is 5.91 Å². The Balaban J connectivity index is 1.48. The molecule has 1 heterocycles. The normalized spacial score (nSPS) is 15.9. The topological polar surface area (TPSA) is 49.6 Å². The van der Waals surface area contributed by atoms with Crippen LogP contribution >= 0.6 is 0 Å². The van der Waals surface area contributed by atoms with Gasteiger partial charge in [-0.2, -0.15) is 0 Å². The van der Waals surface area contributed by atoms with Crippen LogP contribution in [-0.4, -0.2) is 41.9 Å². The average Bonchev–Trinajstić information content (AvgIpc) is 2.64. The first-order chi connectivity index (χ1) is 12.1. The minimum Gasteiger partial charge on any atom is -0.399 e. The fourth-order valence-electron chi connectivity index (χ4n) is 3.44. The molecular weight excluding hydrogens is 310 g/mol. The zero-order chi connectivity index (χ0) is 17.6. The summed E-state index contributed by atoms with van der Waals surface area (Å²) in [7, 11) is 1.94. The van der Waals surface area contributed by atoms with Gasteiger partial charge in [-0.1, -0.05) is 42.5 Å². The van der Waals surface area contributed by atoms with Crippen LogP contribution in [-0.2, 0) is 17.8 Å². The molecular formula is C21H27N3O. The minimum absolute atomic E-state index is 0.186. The van der Waals surface area contributed by atoms with Crippen LogP contribution in [0.5, 0.6) is 0 Å². The zero-order valence-electron chi connectivity index (χ0n) is 14.9. The molecule has 0 bridgehead atoms. The summed E-state index contributed by atoms with van der Waals surface area (Å²) in [6.45, 7) is 3.08. The van der Waals surface area contributed by atoms with E-state index in [1.54, 1.807) is 0 Å². The number of piperidine rings is 1. The molecule has 132 valence electrons. The van der Waals surface area contributed by atoms with E-state index in [2.05, 4.69) is 35.2 Å². The van der Waals surface area contributed by atoms with E-state index in [1.807, 2.05) is 36.2 Å². The fourth-order valence-corrected chi connectivity index (χ4v) is 3.44.